The molecule has 2 aliphatic carbocycles. The van der Waals surface area contributed by atoms with Gasteiger partial charge in [-0.25, -0.2) is 19.2 Å². The number of rotatable bonds is 21. The first-order valence-corrected chi connectivity index (χ1v) is 31.9. The zero-order chi connectivity index (χ0) is 59.8. The molecule has 6 saturated heterocycles. The van der Waals surface area contributed by atoms with E-state index in [4.69, 9.17) is 18.9 Å². The molecule has 23 heteroatoms. The average Bonchev–Trinajstić information content (AvgIpc) is 3.73. The number of fused-ring (bicyclic) bond motifs is 4. The molecule has 8 fully saturated rings. The quantitative estimate of drug-likeness (QED) is 0.0775. The van der Waals surface area contributed by atoms with Crippen LogP contribution in [0, 0.1) is 10.8 Å². The Bertz CT molecular complexity index is 2430. The lowest BCUT2D eigenvalue weighted by Crippen LogP contribution is -2.68. The van der Waals surface area contributed by atoms with Gasteiger partial charge in [-0.2, -0.15) is 18.5 Å². The number of hydrogen-bond acceptors (Lipinski definition) is 12. The van der Waals surface area contributed by atoms with Crippen LogP contribution < -0.4 is 10.6 Å². The van der Waals surface area contributed by atoms with E-state index in [0.29, 0.717) is 63.7 Å². The number of nitrogens with one attached hydrogen (secondary N) is 2. The fourth-order valence-corrected chi connectivity index (χ4v) is 13.7. The first-order chi connectivity index (χ1) is 38.6. The maximum atomic E-state index is 13.0. The first kappa shape index (κ1) is 64.6. The van der Waals surface area contributed by atoms with Gasteiger partial charge in [0, 0.05) is 62.2 Å². The van der Waals surface area contributed by atoms with Crippen LogP contribution in [-0.4, -0.2) is 196 Å². The lowest BCUT2D eigenvalue weighted by atomic mass is 9.60. The normalized spacial score (nSPS) is 23.6. The van der Waals surface area contributed by atoms with E-state index in [1.54, 1.807) is 14.7 Å². The maximum Gasteiger partial charge on any atom is 0.418 e. The van der Waals surface area contributed by atoms with Crippen LogP contribution >= 0.6 is 0 Å². The number of amides is 8. The molecule has 6 heterocycles. The fourth-order valence-electron chi connectivity index (χ4n) is 13.3. The molecule has 8 aliphatic rings. The molecule has 9 rings (SSSR count). The molecule has 0 unspecified atom stereocenters. The zero-order valence-electron chi connectivity index (χ0n) is 50.8. The van der Waals surface area contributed by atoms with Crippen LogP contribution in [-0.2, 0) is 45.2 Å². The number of hydrogen-bond donors (Lipinski definition) is 3. The van der Waals surface area contributed by atoms with E-state index in [0.717, 1.165) is 37.7 Å². The molecule has 82 heavy (non-hydrogen) atoms. The molecule has 6 aliphatic heterocycles. The molecule has 462 valence electrons. The zero-order valence-corrected chi connectivity index (χ0v) is 51.6. The van der Waals surface area contributed by atoms with Crippen LogP contribution in [0.2, 0.25) is 0 Å². The third-order valence-corrected chi connectivity index (χ3v) is 17.8. The van der Waals surface area contributed by atoms with Crippen LogP contribution in [0.5, 0.6) is 0 Å². The van der Waals surface area contributed by atoms with Crippen molar-refractivity contribution >= 4 is 46.5 Å². The first-order valence-electron chi connectivity index (χ1n) is 30.6. The average molecular weight is 1170 g/mol. The van der Waals surface area contributed by atoms with Gasteiger partial charge in [-0.15, -0.1) is 4.28 Å². The largest absolute Gasteiger partial charge is 0.444 e. The minimum Gasteiger partial charge on any atom is -0.444 e. The standard InChI is InChI=1S/C25H34N4O5.C18H28N4O8S.C16H36N/c1-24(2,3)34-23(32)27-15-25(16-27)11-18(12-25)26-21(30)20-10-9-19-13-28(20)22(31)29(19)33-14-17-7-5-4-6-8-17;1-17(2,3)29-16(25)20-9-18(10-20)6-11(7-18)19-14(23)13-5-4-12-8-21(13)15(24)22(12)30-31(26,27)28;1-5-9-13-17(14-10-6-2,15-11-7-3)16-12-8-4/h4-8,18-20H,9-16H2,1-3H3,(H,26,30);11-13H,4-10H2,1-3H3,(H,19,23)(H,26,27,28);5-16H2,1-4H3/q;;+1/t19-,20+;12-,13+;/m11./s1. The van der Waals surface area contributed by atoms with E-state index < -0.39 is 45.8 Å². The number of urea groups is 2. The number of carbonyl (C=O) groups excluding carboxylic acids is 6. The number of carbonyl (C=O) groups is 6. The summed E-state index contributed by atoms with van der Waals surface area (Å²) in [5.41, 5.74) is 0.0728. The van der Waals surface area contributed by atoms with Crippen molar-refractivity contribution in [1.29, 1.82) is 0 Å². The Labute approximate surface area is 488 Å². The summed E-state index contributed by atoms with van der Waals surface area (Å²) >= 11 is 0. The van der Waals surface area contributed by atoms with Gasteiger partial charge >= 0.3 is 34.6 Å². The molecular weight excluding hydrogens is 1070 g/mol. The molecule has 0 radical (unpaired) electrons. The number of unbranched alkanes of at least 4 members (excludes halogenated alkanes) is 4. The molecule has 2 saturated carbocycles. The second-order valence-electron chi connectivity index (χ2n) is 26.8. The molecule has 4 atom stereocenters. The third-order valence-electron chi connectivity index (χ3n) is 17.4. The highest BCUT2D eigenvalue weighted by Gasteiger charge is 2.58. The summed E-state index contributed by atoms with van der Waals surface area (Å²) in [6.07, 6.45) is 15.8. The van der Waals surface area contributed by atoms with E-state index in [-0.39, 0.29) is 65.5 Å². The lowest BCUT2D eigenvalue weighted by molar-refractivity contribution is -0.929. The summed E-state index contributed by atoms with van der Waals surface area (Å²) < 4.78 is 47.4. The molecule has 1 aromatic rings. The van der Waals surface area contributed by atoms with Crippen LogP contribution in [0.4, 0.5) is 19.2 Å². The molecule has 3 N–H and O–H groups in total. The summed E-state index contributed by atoms with van der Waals surface area (Å²) in [7, 11) is -4.82. The van der Waals surface area contributed by atoms with Gasteiger partial charge in [0.25, 0.3) is 0 Å². The van der Waals surface area contributed by atoms with Crippen molar-refractivity contribution in [2.24, 2.45) is 10.8 Å². The summed E-state index contributed by atoms with van der Waals surface area (Å²) in [5.74, 6) is -0.372. The Balaban J connectivity index is 0.000000187. The van der Waals surface area contributed by atoms with Gasteiger partial charge in [0.2, 0.25) is 11.8 Å². The van der Waals surface area contributed by atoms with Crippen molar-refractivity contribution in [3.05, 3.63) is 35.9 Å². The Kier molecular flexibility index (Phi) is 21.2. The van der Waals surface area contributed by atoms with Gasteiger partial charge in [0.15, 0.2) is 0 Å². The Morgan fingerprint density at radius 1 is 0.610 bits per heavy atom. The van der Waals surface area contributed by atoms with Crippen molar-refractivity contribution in [3.8, 4) is 0 Å². The van der Waals surface area contributed by atoms with Crippen LogP contribution in [0.1, 0.15) is 178 Å². The Morgan fingerprint density at radius 2 is 0.988 bits per heavy atom. The topological polar surface area (TPSA) is 237 Å². The lowest BCUT2D eigenvalue weighted by Gasteiger charge is -2.58. The number of piperidine rings is 2. The predicted molar refractivity (Wildman–Crippen MR) is 308 cm³/mol. The van der Waals surface area contributed by atoms with E-state index >= 15 is 0 Å². The van der Waals surface area contributed by atoms with Gasteiger partial charge in [0.1, 0.15) is 29.9 Å². The Morgan fingerprint density at radius 3 is 1.35 bits per heavy atom. The number of nitrogens with zero attached hydrogens (tertiary/aromatic N) is 7. The fraction of sp³-hybridized carbons (Fsp3) is 0.797. The summed E-state index contributed by atoms with van der Waals surface area (Å²) in [5, 5.41) is 8.19. The van der Waals surface area contributed by atoms with Gasteiger partial charge in [-0.1, -0.05) is 83.7 Å². The van der Waals surface area contributed by atoms with Crippen molar-refractivity contribution in [2.75, 3.05) is 65.4 Å². The van der Waals surface area contributed by atoms with Gasteiger partial charge in [-0.3, -0.25) is 19.0 Å². The van der Waals surface area contributed by atoms with Crippen molar-refractivity contribution in [2.45, 2.75) is 226 Å². The maximum absolute atomic E-state index is 13.0. The van der Waals surface area contributed by atoms with Crippen molar-refractivity contribution in [3.63, 3.8) is 0 Å². The summed E-state index contributed by atoms with van der Waals surface area (Å²) in [6.45, 7) is 29.6. The molecule has 0 aromatic heterocycles. The number of ether oxygens (including phenoxy) is 2. The van der Waals surface area contributed by atoms with Gasteiger partial charge in [-0.05, 0) is 124 Å². The molecular formula is C59H98N9O13S+. The number of likely N-dealkylation sites (tertiary alicyclic amines) is 2. The van der Waals surface area contributed by atoms with Gasteiger partial charge < -0.3 is 44.2 Å². The second kappa shape index (κ2) is 26.9. The van der Waals surface area contributed by atoms with E-state index in [2.05, 4.69) is 42.6 Å². The van der Waals surface area contributed by atoms with Crippen molar-refractivity contribution < 1.29 is 64.8 Å². The SMILES string of the molecule is CC(C)(C)OC(=O)N1CC2(CC(NC(=O)[C@@H]3CC[C@@H]4CN3C(=O)N4OCc3ccccc3)C2)C1.CC(C)(C)OC(=O)N1CC2(CC(NC(=O)[C@@H]3CC[C@@H]4CN3C(=O)N4OS(=O)(=O)O)C2)C1.CCCC[N+](CCCC)(CCCC)CCCC. The number of quaternary nitrogens is 1. The molecule has 4 bridgehead atoms. The third kappa shape index (κ3) is 16.7. The monoisotopic (exact) mass is 1170 g/mol. The van der Waals surface area contributed by atoms with Gasteiger partial charge in [0.05, 0.1) is 38.3 Å². The molecule has 2 spiro atoms. The van der Waals surface area contributed by atoms with Crippen LogP contribution in [0.3, 0.4) is 0 Å². The summed E-state index contributed by atoms with van der Waals surface area (Å²) in [4.78, 5) is 87.6. The Hall–Kier alpha value is -4.97. The van der Waals surface area contributed by atoms with Crippen LogP contribution in [0.25, 0.3) is 0 Å². The highest BCUT2D eigenvalue weighted by atomic mass is 32.3. The smallest absolute Gasteiger partial charge is 0.418 e. The summed E-state index contributed by atoms with van der Waals surface area (Å²) in [6, 6.07) is 7.12. The minimum absolute atomic E-state index is 0.0100. The van der Waals surface area contributed by atoms with Crippen LogP contribution in [0.15, 0.2) is 30.3 Å². The van der Waals surface area contributed by atoms with E-state index in [1.807, 2.05) is 71.9 Å². The second-order valence-corrected chi connectivity index (χ2v) is 27.8. The van der Waals surface area contributed by atoms with Crippen molar-refractivity contribution in [1.82, 2.24) is 40.4 Å². The molecule has 22 nitrogen and oxygen atoms in total. The van der Waals surface area contributed by atoms with E-state index in [1.165, 1.54) is 92.0 Å². The van der Waals surface area contributed by atoms with E-state index in [9.17, 15) is 37.2 Å². The highest BCUT2D eigenvalue weighted by molar-refractivity contribution is 7.80. The predicted octanol–water partition coefficient (Wildman–Crippen LogP) is 8.41. The number of hydroxylamine groups is 4. The minimum atomic E-state index is -4.82. The highest BCUT2D eigenvalue weighted by Crippen LogP contribution is 2.50. The molecule has 8 amide bonds. The number of benzene rings is 1. The molecule has 1 aromatic carbocycles.